The lowest BCUT2D eigenvalue weighted by Crippen LogP contribution is -2.12. The highest BCUT2D eigenvalue weighted by Crippen LogP contribution is 2.29. The highest BCUT2D eigenvalue weighted by atomic mass is 79.9. The van der Waals surface area contributed by atoms with Gasteiger partial charge in [0.25, 0.3) is 5.91 Å². The predicted octanol–water partition coefficient (Wildman–Crippen LogP) is 3.77. The summed E-state index contributed by atoms with van der Waals surface area (Å²) < 4.78 is 0.633. The molecule has 4 nitrogen and oxygen atoms in total. The first-order chi connectivity index (χ1) is 8.99. The van der Waals surface area contributed by atoms with Crippen LogP contribution in [-0.2, 0) is 0 Å². The van der Waals surface area contributed by atoms with Crippen molar-refractivity contribution < 1.29 is 15.0 Å². The van der Waals surface area contributed by atoms with E-state index in [4.69, 9.17) is 11.6 Å². The number of aromatic hydroxyl groups is 2. The zero-order chi connectivity index (χ0) is 14.0. The molecule has 6 heteroatoms. The highest BCUT2D eigenvalue weighted by Gasteiger charge is 2.16. The summed E-state index contributed by atoms with van der Waals surface area (Å²) in [6, 6.07) is 8.95. The van der Waals surface area contributed by atoms with Gasteiger partial charge in [-0.1, -0.05) is 17.7 Å². The van der Waals surface area contributed by atoms with Crippen molar-refractivity contribution in [2.45, 2.75) is 0 Å². The van der Waals surface area contributed by atoms with Gasteiger partial charge in [0.1, 0.15) is 17.1 Å². The monoisotopic (exact) mass is 341 g/mol. The van der Waals surface area contributed by atoms with Crippen LogP contribution in [-0.4, -0.2) is 16.1 Å². The van der Waals surface area contributed by atoms with E-state index in [9.17, 15) is 15.0 Å². The second-order valence-electron chi connectivity index (χ2n) is 3.75. The molecule has 0 aliphatic heterocycles. The van der Waals surface area contributed by atoms with Crippen LogP contribution in [0.4, 0.5) is 5.69 Å². The number of hydrogen-bond acceptors (Lipinski definition) is 3. The average molecular weight is 343 g/mol. The molecule has 0 unspecified atom stereocenters. The third kappa shape index (κ3) is 3.00. The molecule has 0 heterocycles. The normalized spacial score (nSPS) is 10.2. The van der Waals surface area contributed by atoms with E-state index in [1.165, 1.54) is 18.2 Å². The van der Waals surface area contributed by atoms with Gasteiger partial charge in [0, 0.05) is 10.2 Å². The maximum absolute atomic E-state index is 12.0. The van der Waals surface area contributed by atoms with Crippen LogP contribution < -0.4 is 5.32 Å². The molecule has 1 amide bonds. The van der Waals surface area contributed by atoms with E-state index in [2.05, 4.69) is 21.2 Å². The van der Waals surface area contributed by atoms with Crippen molar-refractivity contribution in [3.63, 3.8) is 0 Å². The molecule has 98 valence electrons. The van der Waals surface area contributed by atoms with Crippen molar-refractivity contribution in [3.05, 3.63) is 51.5 Å². The van der Waals surface area contributed by atoms with Gasteiger partial charge in [-0.25, -0.2) is 0 Å². The molecule has 3 N–H and O–H groups in total. The minimum absolute atomic E-state index is 0.173. The lowest BCUT2D eigenvalue weighted by molar-refractivity contribution is 0.102. The number of amides is 1. The SMILES string of the molecule is O=C(Nc1ccc(Cl)c(Br)c1)c1c(O)cccc1O. The van der Waals surface area contributed by atoms with Crippen LogP contribution in [0.15, 0.2) is 40.9 Å². The van der Waals surface area contributed by atoms with E-state index in [1.807, 2.05) is 0 Å². The van der Waals surface area contributed by atoms with Gasteiger partial charge in [0.15, 0.2) is 0 Å². The lowest BCUT2D eigenvalue weighted by atomic mass is 10.1. The van der Waals surface area contributed by atoms with Crippen LogP contribution in [0, 0.1) is 0 Å². The molecule has 2 aromatic carbocycles. The zero-order valence-corrected chi connectivity index (χ0v) is 11.9. The molecule has 0 bridgehead atoms. The Kier molecular flexibility index (Phi) is 3.97. The molecule has 0 radical (unpaired) electrons. The fourth-order valence-corrected chi connectivity index (χ4v) is 2.02. The molecule has 2 rings (SSSR count). The fraction of sp³-hybridized carbons (Fsp3) is 0. The van der Waals surface area contributed by atoms with Gasteiger partial charge in [-0.15, -0.1) is 0 Å². The van der Waals surface area contributed by atoms with Crippen LogP contribution in [0.1, 0.15) is 10.4 Å². The summed E-state index contributed by atoms with van der Waals surface area (Å²) >= 11 is 9.08. The molecule has 0 saturated heterocycles. The molecule has 19 heavy (non-hydrogen) atoms. The third-order valence-electron chi connectivity index (χ3n) is 2.43. The third-order valence-corrected chi connectivity index (χ3v) is 3.64. The van der Waals surface area contributed by atoms with Gasteiger partial charge < -0.3 is 15.5 Å². The Hall–Kier alpha value is -1.72. The Morgan fingerprint density at radius 3 is 2.37 bits per heavy atom. The van der Waals surface area contributed by atoms with Crippen molar-refractivity contribution in [3.8, 4) is 11.5 Å². The Labute approximate surface area is 122 Å². The van der Waals surface area contributed by atoms with E-state index in [1.54, 1.807) is 18.2 Å². The predicted molar refractivity (Wildman–Crippen MR) is 76.9 cm³/mol. The molecule has 2 aromatic rings. The van der Waals surface area contributed by atoms with Gasteiger partial charge in [0.2, 0.25) is 0 Å². The van der Waals surface area contributed by atoms with Crippen LogP contribution in [0.25, 0.3) is 0 Å². The Bertz CT molecular complexity index is 626. The molecule has 0 aliphatic rings. The van der Waals surface area contributed by atoms with Gasteiger partial charge in [-0.3, -0.25) is 4.79 Å². The van der Waals surface area contributed by atoms with Crippen LogP contribution in [0.5, 0.6) is 11.5 Å². The van der Waals surface area contributed by atoms with Gasteiger partial charge in [-0.2, -0.15) is 0 Å². The number of rotatable bonds is 2. The second kappa shape index (κ2) is 5.50. The topological polar surface area (TPSA) is 69.6 Å². The lowest BCUT2D eigenvalue weighted by Gasteiger charge is -2.09. The summed E-state index contributed by atoms with van der Waals surface area (Å²) in [6.07, 6.45) is 0. The number of phenols is 2. The van der Waals surface area contributed by atoms with Crippen molar-refractivity contribution in [1.29, 1.82) is 0 Å². The van der Waals surface area contributed by atoms with E-state index >= 15 is 0 Å². The Balaban J connectivity index is 2.28. The molecule has 0 spiro atoms. The zero-order valence-electron chi connectivity index (χ0n) is 9.52. The van der Waals surface area contributed by atoms with E-state index < -0.39 is 5.91 Å². The van der Waals surface area contributed by atoms with E-state index in [0.29, 0.717) is 15.2 Å². The maximum Gasteiger partial charge on any atom is 0.263 e. The number of hydrogen-bond donors (Lipinski definition) is 3. The van der Waals surface area contributed by atoms with Gasteiger partial charge >= 0.3 is 0 Å². The summed E-state index contributed by atoms with van der Waals surface area (Å²) in [5.41, 5.74) is 0.317. The average Bonchev–Trinajstić information content (AvgIpc) is 2.33. The van der Waals surface area contributed by atoms with Crippen molar-refractivity contribution in [2.24, 2.45) is 0 Å². The first kappa shape index (κ1) is 13.7. The highest BCUT2D eigenvalue weighted by molar-refractivity contribution is 9.10. The summed E-state index contributed by atoms with van der Waals surface area (Å²) in [5, 5.41) is 22.3. The maximum atomic E-state index is 12.0. The summed E-state index contributed by atoms with van der Waals surface area (Å²) in [5.74, 6) is -1.18. The Morgan fingerprint density at radius 2 is 1.79 bits per heavy atom. The van der Waals surface area contributed by atoms with Gasteiger partial charge in [0.05, 0.1) is 5.02 Å². The number of halogens is 2. The molecule has 0 atom stereocenters. The first-order valence-corrected chi connectivity index (χ1v) is 6.43. The molecule has 0 saturated carbocycles. The number of nitrogens with one attached hydrogen (secondary N) is 1. The second-order valence-corrected chi connectivity index (χ2v) is 5.02. The summed E-state index contributed by atoms with van der Waals surface area (Å²) in [6.45, 7) is 0. The minimum atomic E-state index is -0.607. The van der Waals surface area contributed by atoms with Crippen LogP contribution in [0.2, 0.25) is 5.02 Å². The molecule has 0 fully saturated rings. The van der Waals surface area contributed by atoms with E-state index in [-0.39, 0.29) is 17.1 Å². The quantitative estimate of drug-likeness (QED) is 0.778. The number of carbonyl (C=O) groups excluding carboxylic acids is 1. The van der Waals surface area contributed by atoms with Crippen LogP contribution in [0.3, 0.4) is 0 Å². The molecule has 0 aliphatic carbocycles. The summed E-state index contributed by atoms with van der Waals surface area (Å²) in [4.78, 5) is 12.0. The summed E-state index contributed by atoms with van der Waals surface area (Å²) in [7, 11) is 0. The van der Waals surface area contributed by atoms with Crippen molar-refractivity contribution >= 4 is 39.1 Å². The first-order valence-electron chi connectivity index (χ1n) is 5.26. The Morgan fingerprint density at radius 1 is 1.16 bits per heavy atom. The largest absolute Gasteiger partial charge is 0.507 e. The number of phenolic OH excluding ortho intramolecular Hbond substituents is 2. The smallest absolute Gasteiger partial charge is 0.263 e. The van der Waals surface area contributed by atoms with E-state index in [0.717, 1.165) is 0 Å². The fourth-order valence-electron chi connectivity index (χ4n) is 1.53. The van der Waals surface area contributed by atoms with Gasteiger partial charge in [-0.05, 0) is 46.3 Å². The van der Waals surface area contributed by atoms with Crippen molar-refractivity contribution in [1.82, 2.24) is 0 Å². The minimum Gasteiger partial charge on any atom is -0.507 e. The molecular formula is C13H9BrClNO3. The number of benzene rings is 2. The molecular weight excluding hydrogens is 334 g/mol. The van der Waals surface area contributed by atoms with Crippen molar-refractivity contribution in [2.75, 3.05) is 5.32 Å². The number of carbonyl (C=O) groups is 1. The number of anilines is 1. The molecule has 0 aromatic heterocycles. The van der Waals surface area contributed by atoms with Crippen LogP contribution >= 0.6 is 27.5 Å². The standard InChI is InChI=1S/C13H9BrClNO3/c14-8-6-7(4-5-9(8)15)16-13(19)12-10(17)2-1-3-11(12)18/h1-6,17-18H,(H,16,19).